The fourth-order valence-corrected chi connectivity index (χ4v) is 5.52. The standard InChI is InChI=1S/C29H30ClN5OS/c30-25-15-13-24(14-16-25)28-31-32-29(35(28)26-10-5-2-6-11-26)37-21-7-12-27(36)34-19-17-33(18-20-34)22-23-8-3-1-4-9-23/h1-6,8-11,13-16H,7,12,17-22H2. The van der Waals surface area contributed by atoms with Gasteiger partial charge in [-0.1, -0.05) is 71.9 Å². The first-order chi connectivity index (χ1) is 18.2. The maximum absolute atomic E-state index is 12.8. The van der Waals surface area contributed by atoms with Crippen molar-refractivity contribution in [2.24, 2.45) is 0 Å². The van der Waals surface area contributed by atoms with Crippen molar-refractivity contribution in [1.82, 2.24) is 24.6 Å². The van der Waals surface area contributed by atoms with Crippen LogP contribution in [0.1, 0.15) is 18.4 Å². The van der Waals surface area contributed by atoms with Crippen molar-refractivity contribution in [2.45, 2.75) is 24.5 Å². The summed E-state index contributed by atoms with van der Waals surface area (Å²) in [5.41, 5.74) is 3.28. The van der Waals surface area contributed by atoms with Gasteiger partial charge in [-0.05, 0) is 48.4 Å². The van der Waals surface area contributed by atoms with E-state index < -0.39 is 0 Å². The normalized spacial score (nSPS) is 14.1. The van der Waals surface area contributed by atoms with Crippen LogP contribution in [0.25, 0.3) is 17.1 Å². The highest BCUT2D eigenvalue weighted by Crippen LogP contribution is 2.29. The van der Waals surface area contributed by atoms with Crippen LogP contribution in [0.4, 0.5) is 0 Å². The Morgan fingerprint density at radius 1 is 0.838 bits per heavy atom. The fraction of sp³-hybridized carbons (Fsp3) is 0.276. The molecule has 0 radical (unpaired) electrons. The highest BCUT2D eigenvalue weighted by molar-refractivity contribution is 7.99. The van der Waals surface area contributed by atoms with Crippen molar-refractivity contribution in [2.75, 3.05) is 31.9 Å². The highest BCUT2D eigenvalue weighted by Gasteiger charge is 2.21. The lowest BCUT2D eigenvalue weighted by atomic mass is 10.2. The zero-order valence-electron chi connectivity index (χ0n) is 20.7. The van der Waals surface area contributed by atoms with Crippen LogP contribution in [0.2, 0.25) is 5.02 Å². The predicted octanol–water partition coefficient (Wildman–Crippen LogP) is 5.80. The monoisotopic (exact) mass is 531 g/mol. The molecule has 3 aromatic carbocycles. The van der Waals surface area contributed by atoms with Crippen molar-refractivity contribution < 1.29 is 4.79 Å². The first kappa shape index (κ1) is 25.5. The second kappa shape index (κ2) is 12.4. The van der Waals surface area contributed by atoms with Crippen molar-refractivity contribution in [3.63, 3.8) is 0 Å². The Balaban J connectivity index is 1.14. The predicted molar refractivity (Wildman–Crippen MR) is 150 cm³/mol. The molecular formula is C29H30ClN5OS. The summed E-state index contributed by atoms with van der Waals surface area (Å²) >= 11 is 7.72. The van der Waals surface area contributed by atoms with E-state index in [2.05, 4.69) is 43.9 Å². The molecule has 190 valence electrons. The summed E-state index contributed by atoms with van der Waals surface area (Å²) in [5.74, 6) is 1.81. The maximum Gasteiger partial charge on any atom is 0.222 e. The van der Waals surface area contributed by atoms with Crippen molar-refractivity contribution >= 4 is 29.3 Å². The number of carbonyl (C=O) groups excluding carboxylic acids is 1. The van der Waals surface area contributed by atoms with Gasteiger partial charge in [-0.2, -0.15) is 0 Å². The number of benzene rings is 3. The number of amides is 1. The third-order valence-electron chi connectivity index (χ3n) is 6.49. The Kier molecular flexibility index (Phi) is 8.56. The fourth-order valence-electron chi connectivity index (χ4n) is 4.50. The summed E-state index contributed by atoms with van der Waals surface area (Å²) in [7, 11) is 0. The molecule has 0 bridgehead atoms. The number of nitrogens with zero attached hydrogens (tertiary/aromatic N) is 5. The molecule has 0 spiro atoms. The molecular weight excluding hydrogens is 502 g/mol. The van der Waals surface area contributed by atoms with Gasteiger partial charge in [0.2, 0.25) is 5.91 Å². The van der Waals surface area contributed by atoms with Crippen LogP contribution in [-0.4, -0.2) is 62.4 Å². The lowest BCUT2D eigenvalue weighted by Gasteiger charge is -2.34. The lowest BCUT2D eigenvalue weighted by molar-refractivity contribution is -0.133. The number of halogens is 1. The van der Waals surface area contributed by atoms with Gasteiger partial charge in [0, 0.05) is 61.2 Å². The number of hydrogen-bond acceptors (Lipinski definition) is 5. The first-order valence-electron chi connectivity index (χ1n) is 12.6. The molecule has 1 aliphatic heterocycles. The summed E-state index contributed by atoms with van der Waals surface area (Å²) in [4.78, 5) is 17.3. The van der Waals surface area contributed by atoms with Gasteiger partial charge in [0.25, 0.3) is 0 Å². The number of thioether (sulfide) groups is 1. The van der Waals surface area contributed by atoms with E-state index in [9.17, 15) is 4.79 Å². The minimum atomic E-state index is 0.242. The Labute approximate surface area is 227 Å². The van der Waals surface area contributed by atoms with Crippen molar-refractivity contribution in [3.05, 3.63) is 95.5 Å². The van der Waals surface area contributed by atoms with E-state index in [-0.39, 0.29) is 5.91 Å². The number of hydrogen-bond donors (Lipinski definition) is 0. The van der Waals surface area contributed by atoms with Gasteiger partial charge in [0.1, 0.15) is 0 Å². The molecule has 37 heavy (non-hydrogen) atoms. The molecule has 6 nitrogen and oxygen atoms in total. The van der Waals surface area contributed by atoms with Crippen LogP contribution in [0.5, 0.6) is 0 Å². The van der Waals surface area contributed by atoms with Gasteiger partial charge in [-0.3, -0.25) is 14.3 Å². The second-order valence-electron chi connectivity index (χ2n) is 9.08. The molecule has 1 aromatic heterocycles. The number of carbonyl (C=O) groups is 1. The second-order valence-corrected chi connectivity index (χ2v) is 10.6. The molecule has 0 unspecified atom stereocenters. The Bertz CT molecular complexity index is 1290. The Hall–Kier alpha value is -3.13. The van der Waals surface area contributed by atoms with E-state index in [4.69, 9.17) is 11.6 Å². The minimum absolute atomic E-state index is 0.242. The number of rotatable bonds is 9. The average molecular weight is 532 g/mol. The maximum atomic E-state index is 12.8. The third-order valence-corrected chi connectivity index (χ3v) is 7.76. The van der Waals surface area contributed by atoms with Crippen LogP contribution >= 0.6 is 23.4 Å². The molecule has 5 rings (SSSR count). The van der Waals surface area contributed by atoms with Crippen LogP contribution in [0.15, 0.2) is 90.1 Å². The number of aromatic nitrogens is 3. The van der Waals surface area contributed by atoms with E-state index in [0.29, 0.717) is 11.4 Å². The average Bonchev–Trinajstić information content (AvgIpc) is 3.37. The largest absolute Gasteiger partial charge is 0.340 e. The minimum Gasteiger partial charge on any atom is -0.340 e. The molecule has 1 aliphatic rings. The molecule has 2 heterocycles. The summed E-state index contributed by atoms with van der Waals surface area (Å²) in [6, 6.07) is 28.3. The van der Waals surface area contributed by atoms with Gasteiger partial charge >= 0.3 is 0 Å². The summed E-state index contributed by atoms with van der Waals surface area (Å²) < 4.78 is 2.07. The summed E-state index contributed by atoms with van der Waals surface area (Å²) in [5, 5.41) is 10.5. The number of piperazine rings is 1. The van der Waals surface area contributed by atoms with Crippen LogP contribution < -0.4 is 0 Å². The zero-order chi connectivity index (χ0) is 25.5. The van der Waals surface area contributed by atoms with Gasteiger partial charge < -0.3 is 4.90 Å². The van der Waals surface area contributed by atoms with Crippen molar-refractivity contribution in [1.29, 1.82) is 0 Å². The van der Waals surface area contributed by atoms with Gasteiger partial charge in [0.05, 0.1) is 0 Å². The Morgan fingerprint density at radius 2 is 1.51 bits per heavy atom. The van der Waals surface area contributed by atoms with Gasteiger partial charge in [-0.25, -0.2) is 0 Å². The molecule has 0 aliphatic carbocycles. The highest BCUT2D eigenvalue weighted by atomic mass is 35.5. The van der Waals surface area contributed by atoms with E-state index in [1.807, 2.05) is 65.6 Å². The van der Waals surface area contributed by atoms with Crippen LogP contribution in [-0.2, 0) is 11.3 Å². The van der Waals surface area contributed by atoms with Crippen LogP contribution in [0, 0.1) is 0 Å². The molecule has 8 heteroatoms. The van der Waals surface area contributed by atoms with E-state index >= 15 is 0 Å². The Morgan fingerprint density at radius 3 is 2.22 bits per heavy atom. The molecule has 1 amide bonds. The van der Waals surface area contributed by atoms with E-state index in [1.165, 1.54) is 5.56 Å². The molecule has 1 saturated heterocycles. The van der Waals surface area contributed by atoms with E-state index in [0.717, 1.165) is 67.1 Å². The summed E-state index contributed by atoms with van der Waals surface area (Å²) in [6.45, 7) is 4.38. The molecule has 4 aromatic rings. The zero-order valence-corrected chi connectivity index (χ0v) is 22.2. The van der Waals surface area contributed by atoms with Crippen LogP contribution in [0.3, 0.4) is 0 Å². The van der Waals surface area contributed by atoms with Crippen molar-refractivity contribution in [3.8, 4) is 17.1 Å². The molecule has 0 saturated carbocycles. The topological polar surface area (TPSA) is 54.3 Å². The SMILES string of the molecule is O=C(CCCSc1nnc(-c2ccc(Cl)cc2)n1-c1ccccc1)N1CCN(Cc2ccccc2)CC1. The molecule has 1 fully saturated rings. The first-order valence-corrected chi connectivity index (χ1v) is 14.0. The smallest absolute Gasteiger partial charge is 0.222 e. The van der Waals surface area contributed by atoms with Gasteiger partial charge in [-0.15, -0.1) is 10.2 Å². The van der Waals surface area contributed by atoms with Gasteiger partial charge in [0.15, 0.2) is 11.0 Å². The lowest BCUT2D eigenvalue weighted by Crippen LogP contribution is -2.48. The number of para-hydroxylation sites is 1. The molecule has 0 atom stereocenters. The summed E-state index contributed by atoms with van der Waals surface area (Å²) in [6.07, 6.45) is 1.35. The quantitative estimate of drug-likeness (QED) is 0.202. The van der Waals surface area contributed by atoms with E-state index in [1.54, 1.807) is 11.8 Å². The molecule has 0 N–H and O–H groups in total. The third kappa shape index (κ3) is 6.60.